The maximum atomic E-state index is 9.78. The number of benzene rings is 1. The molecule has 0 amide bonds. The fourth-order valence-electron chi connectivity index (χ4n) is 1.61. The van der Waals surface area contributed by atoms with E-state index in [2.05, 4.69) is 16.3 Å². The van der Waals surface area contributed by atoms with Gasteiger partial charge in [0.2, 0.25) is 0 Å². The average Bonchev–Trinajstić information content (AvgIpc) is 2.70. The zero-order valence-electron chi connectivity index (χ0n) is 11.0. The molecule has 1 aromatic carbocycles. The zero-order chi connectivity index (χ0) is 14.0. The first kappa shape index (κ1) is 13.6. The number of hydrogen-bond donors (Lipinski definition) is 1. The van der Waals surface area contributed by atoms with Crippen molar-refractivity contribution in [1.82, 2.24) is 14.8 Å². The Kier molecular flexibility index (Phi) is 3.88. The summed E-state index contributed by atoms with van der Waals surface area (Å²) >= 11 is 1.40. The Hall–Kier alpha value is -1.84. The average molecular weight is 274 g/mol. The third-order valence-corrected chi connectivity index (χ3v) is 3.96. The van der Waals surface area contributed by atoms with Crippen LogP contribution in [0.3, 0.4) is 0 Å². The molecule has 0 aliphatic rings. The van der Waals surface area contributed by atoms with Crippen LogP contribution < -0.4 is 0 Å². The van der Waals surface area contributed by atoms with Crippen molar-refractivity contribution in [1.29, 1.82) is 5.26 Å². The molecule has 2 rings (SSSR count). The Morgan fingerprint density at radius 2 is 2.16 bits per heavy atom. The van der Waals surface area contributed by atoms with Gasteiger partial charge in [0, 0.05) is 11.9 Å². The summed E-state index contributed by atoms with van der Waals surface area (Å²) in [5.74, 6) is 0.817. The van der Waals surface area contributed by atoms with Crippen molar-refractivity contribution in [3.8, 4) is 6.07 Å². The second kappa shape index (κ2) is 5.43. The lowest BCUT2D eigenvalue weighted by Crippen LogP contribution is -1.97. The molecule has 0 saturated heterocycles. The van der Waals surface area contributed by atoms with E-state index in [0.29, 0.717) is 5.56 Å². The van der Waals surface area contributed by atoms with Crippen LogP contribution in [0.1, 0.15) is 30.0 Å². The summed E-state index contributed by atoms with van der Waals surface area (Å²) in [6, 6.07) is 7.34. The topological polar surface area (TPSA) is 74.7 Å². The molecule has 19 heavy (non-hydrogen) atoms. The number of rotatable bonds is 3. The van der Waals surface area contributed by atoms with E-state index >= 15 is 0 Å². The molecule has 0 radical (unpaired) electrons. The van der Waals surface area contributed by atoms with E-state index in [4.69, 9.17) is 5.26 Å². The zero-order valence-corrected chi connectivity index (χ0v) is 11.8. The van der Waals surface area contributed by atoms with E-state index in [1.165, 1.54) is 11.8 Å². The van der Waals surface area contributed by atoms with Crippen molar-refractivity contribution >= 4 is 11.8 Å². The molecule has 1 heterocycles. The first-order valence-electron chi connectivity index (χ1n) is 5.79. The highest BCUT2D eigenvalue weighted by Gasteiger charge is 2.14. The van der Waals surface area contributed by atoms with Gasteiger partial charge in [-0.25, -0.2) is 0 Å². The molecule has 0 spiro atoms. The molecule has 0 aliphatic heterocycles. The van der Waals surface area contributed by atoms with E-state index in [0.717, 1.165) is 21.4 Å². The van der Waals surface area contributed by atoms with Gasteiger partial charge in [-0.3, -0.25) is 0 Å². The summed E-state index contributed by atoms with van der Waals surface area (Å²) in [4.78, 5) is 0.824. The molecular weight excluding hydrogens is 260 g/mol. The molecule has 1 aromatic heterocycles. The molecule has 0 aliphatic carbocycles. The third kappa shape index (κ3) is 2.78. The van der Waals surface area contributed by atoms with Gasteiger partial charge in [-0.05, 0) is 43.3 Å². The fraction of sp³-hybridized carbons (Fsp3) is 0.308. The van der Waals surface area contributed by atoms with Crippen molar-refractivity contribution in [3.63, 3.8) is 0 Å². The van der Waals surface area contributed by atoms with Crippen LogP contribution in [0.25, 0.3) is 0 Å². The summed E-state index contributed by atoms with van der Waals surface area (Å²) in [7, 11) is 1.88. The molecule has 1 atom stereocenters. The number of aryl methyl sites for hydroxylation is 1. The highest BCUT2D eigenvalue weighted by molar-refractivity contribution is 7.99. The van der Waals surface area contributed by atoms with E-state index in [-0.39, 0.29) is 0 Å². The van der Waals surface area contributed by atoms with Crippen molar-refractivity contribution < 1.29 is 5.11 Å². The minimum atomic E-state index is -0.593. The molecule has 0 fully saturated rings. The molecule has 5 nitrogen and oxygen atoms in total. The second-order valence-corrected chi connectivity index (χ2v) is 5.24. The number of hydrogen-bond acceptors (Lipinski definition) is 5. The third-order valence-electron chi connectivity index (χ3n) is 2.85. The molecule has 0 unspecified atom stereocenters. The van der Waals surface area contributed by atoms with Gasteiger partial charge in [0.1, 0.15) is 5.82 Å². The Morgan fingerprint density at radius 3 is 2.68 bits per heavy atom. The number of aromatic nitrogens is 3. The van der Waals surface area contributed by atoms with E-state index in [1.54, 1.807) is 25.1 Å². The molecule has 2 aromatic rings. The van der Waals surface area contributed by atoms with Gasteiger partial charge in [-0.2, -0.15) is 5.26 Å². The standard InChI is InChI=1S/C13H14N4OS/c1-8(18)11-5-4-10(7-14)6-12(11)19-13-16-15-9(2)17(13)3/h4-6,8,18H,1-3H3/t8-/m1/s1. The van der Waals surface area contributed by atoms with Gasteiger partial charge >= 0.3 is 0 Å². The van der Waals surface area contributed by atoms with Crippen LogP contribution in [0.5, 0.6) is 0 Å². The molecule has 0 saturated carbocycles. The Morgan fingerprint density at radius 1 is 1.42 bits per heavy atom. The molecule has 0 bridgehead atoms. The summed E-state index contributed by atoms with van der Waals surface area (Å²) in [5, 5.41) is 27.5. The molecule has 1 N–H and O–H groups in total. The van der Waals surface area contributed by atoms with Crippen molar-refractivity contribution in [2.75, 3.05) is 0 Å². The van der Waals surface area contributed by atoms with Gasteiger partial charge in [0.05, 0.1) is 17.7 Å². The van der Waals surface area contributed by atoms with Crippen LogP contribution >= 0.6 is 11.8 Å². The summed E-state index contributed by atoms with van der Waals surface area (Å²) < 4.78 is 1.87. The van der Waals surface area contributed by atoms with Crippen molar-refractivity contribution in [3.05, 3.63) is 35.2 Å². The van der Waals surface area contributed by atoms with E-state index in [1.807, 2.05) is 18.5 Å². The molecular formula is C13H14N4OS. The van der Waals surface area contributed by atoms with E-state index in [9.17, 15) is 5.11 Å². The van der Waals surface area contributed by atoms with Gasteiger partial charge in [0.25, 0.3) is 0 Å². The maximum absolute atomic E-state index is 9.78. The minimum absolute atomic E-state index is 0.561. The van der Waals surface area contributed by atoms with Crippen LogP contribution in [0, 0.1) is 18.3 Å². The quantitative estimate of drug-likeness (QED) is 0.928. The summed E-state index contributed by atoms with van der Waals surface area (Å²) in [6.45, 7) is 3.58. The lowest BCUT2D eigenvalue weighted by Gasteiger charge is -2.11. The monoisotopic (exact) mass is 274 g/mol. The van der Waals surface area contributed by atoms with E-state index < -0.39 is 6.10 Å². The van der Waals surface area contributed by atoms with Gasteiger partial charge in [-0.1, -0.05) is 6.07 Å². The van der Waals surface area contributed by atoms with Crippen molar-refractivity contribution in [2.45, 2.75) is 30.0 Å². The SMILES string of the molecule is Cc1nnc(Sc2cc(C#N)ccc2[C@@H](C)O)n1C. The Bertz CT molecular complexity index is 643. The first-order chi connectivity index (χ1) is 9.02. The van der Waals surface area contributed by atoms with Gasteiger partial charge in [0.15, 0.2) is 5.16 Å². The lowest BCUT2D eigenvalue weighted by atomic mass is 10.1. The normalized spacial score (nSPS) is 12.2. The number of aliphatic hydroxyl groups excluding tert-OH is 1. The summed E-state index contributed by atoms with van der Waals surface area (Å²) in [5.41, 5.74) is 1.34. The lowest BCUT2D eigenvalue weighted by molar-refractivity contribution is 0.196. The highest BCUT2D eigenvalue weighted by atomic mass is 32.2. The number of nitrogens with zero attached hydrogens (tertiary/aromatic N) is 4. The Balaban J connectivity index is 2.43. The van der Waals surface area contributed by atoms with Crippen LogP contribution in [-0.4, -0.2) is 19.9 Å². The Labute approximate surface area is 115 Å². The van der Waals surface area contributed by atoms with Crippen LogP contribution in [-0.2, 0) is 7.05 Å². The van der Waals surface area contributed by atoms with Crippen LogP contribution in [0.4, 0.5) is 0 Å². The predicted octanol–water partition coefficient (Wildman–Crippen LogP) is 2.20. The smallest absolute Gasteiger partial charge is 0.195 e. The van der Waals surface area contributed by atoms with Crippen LogP contribution in [0.15, 0.2) is 28.3 Å². The highest BCUT2D eigenvalue weighted by Crippen LogP contribution is 2.33. The van der Waals surface area contributed by atoms with Crippen LogP contribution in [0.2, 0.25) is 0 Å². The largest absolute Gasteiger partial charge is 0.389 e. The van der Waals surface area contributed by atoms with Gasteiger partial charge in [-0.15, -0.1) is 10.2 Å². The van der Waals surface area contributed by atoms with Crippen molar-refractivity contribution in [2.24, 2.45) is 7.05 Å². The molecule has 6 heteroatoms. The molecule has 98 valence electrons. The van der Waals surface area contributed by atoms with Gasteiger partial charge < -0.3 is 9.67 Å². The fourth-order valence-corrected chi connectivity index (χ4v) is 2.70. The number of nitriles is 1. The second-order valence-electron chi connectivity index (χ2n) is 4.23. The maximum Gasteiger partial charge on any atom is 0.195 e. The predicted molar refractivity (Wildman–Crippen MR) is 71.7 cm³/mol. The minimum Gasteiger partial charge on any atom is -0.389 e. The number of aliphatic hydroxyl groups is 1. The summed E-state index contributed by atoms with van der Waals surface area (Å²) in [6.07, 6.45) is -0.593. The first-order valence-corrected chi connectivity index (χ1v) is 6.60.